The average molecular weight is 322 g/mol. The van der Waals surface area contributed by atoms with Crippen molar-refractivity contribution in [2.75, 3.05) is 37.7 Å². The first-order valence-corrected chi connectivity index (χ1v) is 8.68. The summed E-state index contributed by atoms with van der Waals surface area (Å²) in [4.78, 5) is 26.1. The van der Waals surface area contributed by atoms with Crippen molar-refractivity contribution in [3.05, 3.63) is 35.9 Å². The Hall–Kier alpha value is -1.53. The number of hydrogen-bond donors (Lipinski definition) is 1. The lowest BCUT2D eigenvalue weighted by atomic mass is 10.1. The minimum atomic E-state index is -0.434. The number of ether oxygens (including phenoxy) is 1. The van der Waals surface area contributed by atoms with Crippen LogP contribution in [-0.4, -0.2) is 54.5 Å². The molecule has 1 aliphatic rings. The van der Waals surface area contributed by atoms with Gasteiger partial charge in [-0.15, -0.1) is 0 Å². The van der Waals surface area contributed by atoms with E-state index in [0.717, 1.165) is 30.2 Å². The molecule has 0 saturated carbocycles. The minimum absolute atomic E-state index is 0.224. The van der Waals surface area contributed by atoms with Crippen LogP contribution < -0.4 is 5.32 Å². The fourth-order valence-corrected chi connectivity index (χ4v) is 3.36. The Bertz CT molecular complexity index is 489. The number of thioether (sulfide) groups is 1. The molecular weight excluding hydrogens is 300 g/mol. The molecule has 22 heavy (non-hydrogen) atoms. The number of hydrogen-bond acceptors (Lipinski definition) is 5. The summed E-state index contributed by atoms with van der Waals surface area (Å²) in [7, 11) is 0. The quantitative estimate of drug-likeness (QED) is 0.804. The number of nitrogens with zero attached hydrogens (tertiary/aromatic N) is 1. The SMILES string of the molecule is CCNC(=O)COC(=O)C(c1ccccc1)N1CCSCC1. The number of esters is 1. The molecule has 1 saturated heterocycles. The Morgan fingerprint density at radius 2 is 1.95 bits per heavy atom. The van der Waals surface area contributed by atoms with E-state index in [0.29, 0.717) is 6.54 Å². The molecule has 1 unspecified atom stereocenters. The molecule has 0 spiro atoms. The van der Waals surface area contributed by atoms with E-state index < -0.39 is 6.04 Å². The lowest BCUT2D eigenvalue weighted by Gasteiger charge is -2.32. The number of carbonyl (C=O) groups is 2. The third-order valence-corrected chi connectivity index (χ3v) is 4.41. The molecule has 0 aromatic heterocycles. The molecule has 1 fully saturated rings. The Balaban J connectivity index is 2.06. The molecule has 6 heteroatoms. The molecule has 1 aromatic rings. The third-order valence-electron chi connectivity index (χ3n) is 3.47. The molecule has 2 rings (SSSR count). The molecule has 0 aliphatic carbocycles. The van der Waals surface area contributed by atoms with E-state index in [-0.39, 0.29) is 18.5 Å². The summed E-state index contributed by atoms with van der Waals surface area (Å²) in [5.74, 6) is 1.39. The monoisotopic (exact) mass is 322 g/mol. The molecule has 1 amide bonds. The van der Waals surface area contributed by atoms with Crippen LogP contribution in [0.5, 0.6) is 0 Å². The van der Waals surface area contributed by atoms with Crippen molar-refractivity contribution in [1.29, 1.82) is 0 Å². The first kappa shape index (κ1) is 16.8. The van der Waals surface area contributed by atoms with Crippen LogP contribution in [0, 0.1) is 0 Å². The summed E-state index contributed by atoms with van der Waals surface area (Å²) in [5, 5.41) is 2.63. The molecule has 120 valence electrons. The largest absolute Gasteiger partial charge is 0.454 e. The fourth-order valence-electron chi connectivity index (χ4n) is 2.43. The van der Waals surface area contributed by atoms with Gasteiger partial charge in [-0.1, -0.05) is 30.3 Å². The highest BCUT2D eigenvalue weighted by Crippen LogP contribution is 2.25. The van der Waals surface area contributed by atoms with E-state index >= 15 is 0 Å². The molecule has 5 nitrogen and oxygen atoms in total. The van der Waals surface area contributed by atoms with Gasteiger partial charge in [0.05, 0.1) is 0 Å². The molecule has 1 aliphatic heterocycles. The molecular formula is C16H22N2O3S. The zero-order valence-corrected chi connectivity index (χ0v) is 13.6. The van der Waals surface area contributed by atoms with Crippen LogP contribution in [0.15, 0.2) is 30.3 Å². The van der Waals surface area contributed by atoms with E-state index in [4.69, 9.17) is 4.74 Å². The summed E-state index contributed by atoms with van der Waals surface area (Å²) >= 11 is 1.89. The first-order valence-electron chi connectivity index (χ1n) is 7.52. The highest BCUT2D eigenvalue weighted by molar-refractivity contribution is 7.99. The highest BCUT2D eigenvalue weighted by Gasteiger charge is 2.30. The molecule has 0 bridgehead atoms. The summed E-state index contributed by atoms with van der Waals surface area (Å²) in [6.07, 6.45) is 0. The van der Waals surface area contributed by atoms with Crippen LogP contribution in [0.3, 0.4) is 0 Å². The van der Waals surface area contributed by atoms with Gasteiger partial charge in [0, 0.05) is 31.1 Å². The van der Waals surface area contributed by atoms with E-state index in [9.17, 15) is 9.59 Å². The van der Waals surface area contributed by atoms with Crippen LogP contribution in [0.1, 0.15) is 18.5 Å². The van der Waals surface area contributed by atoms with E-state index in [1.165, 1.54) is 0 Å². The molecule has 0 radical (unpaired) electrons. The summed E-state index contributed by atoms with van der Waals surface area (Å²) in [6, 6.07) is 9.18. The fraction of sp³-hybridized carbons (Fsp3) is 0.500. The van der Waals surface area contributed by atoms with Crippen LogP contribution in [0.2, 0.25) is 0 Å². The molecule has 1 atom stereocenters. The lowest BCUT2D eigenvalue weighted by molar-refractivity contribution is -0.154. The Kier molecular flexibility index (Phi) is 6.74. The van der Waals surface area contributed by atoms with Gasteiger partial charge in [0.2, 0.25) is 0 Å². The van der Waals surface area contributed by atoms with Gasteiger partial charge in [0.1, 0.15) is 6.04 Å². The maximum Gasteiger partial charge on any atom is 0.328 e. The molecule has 1 heterocycles. The highest BCUT2D eigenvalue weighted by atomic mass is 32.2. The number of likely N-dealkylation sites (N-methyl/N-ethyl adjacent to an activating group) is 1. The van der Waals surface area contributed by atoms with Crippen LogP contribution in [0.25, 0.3) is 0 Å². The molecule has 1 N–H and O–H groups in total. The predicted octanol–water partition coefficient (Wildman–Crippen LogP) is 1.46. The zero-order valence-electron chi connectivity index (χ0n) is 12.8. The number of nitrogens with one attached hydrogen (secondary N) is 1. The number of amides is 1. The van der Waals surface area contributed by atoms with Crippen molar-refractivity contribution in [1.82, 2.24) is 10.2 Å². The van der Waals surface area contributed by atoms with Gasteiger partial charge >= 0.3 is 5.97 Å². The smallest absolute Gasteiger partial charge is 0.328 e. The Labute approximate surface area is 135 Å². The van der Waals surface area contributed by atoms with Crippen molar-refractivity contribution in [2.45, 2.75) is 13.0 Å². The summed E-state index contributed by atoms with van der Waals surface area (Å²) < 4.78 is 5.23. The van der Waals surface area contributed by atoms with Gasteiger partial charge in [-0.25, -0.2) is 4.79 Å². The van der Waals surface area contributed by atoms with Crippen molar-refractivity contribution in [2.24, 2.45) is 0 Å². The maximum atomic E-state index is 12.5. The second-order valence-electron chi connectivity index (χ2n) is 5.02. The third kappa shape index (κ3) is 4.74. The van der Waals surface area contributed by atoms with E-state index in [2.05, 4.69) is 10.2 Å². The second kappa shape index (κ2) is 8.80. The van der Waals surface area contributed by atoms with Crippen molar-refractivity contribution in [3.63, 3.8) is 0 Å². The maximum absolute atomic E-state index is 12.5. The van der Waals surface area contributed by atoms with Crippen LogP contribution >= 0.6 is 11.8 Å². The first-order chi connectivity index (χ1) is 10.7. The second-order valence-corrected chi connectivity index (χ2v) is 6.25. The van der Waals surface area contributed by atoms with E-state index in [1.807, 2.05) is 49.0 Å². The van der Waals surface area contributed by atoms with Gasteiger partial charge in [-0.3, -0.25) is 9.69 Å². The minimum Gasteiger partial charge on any atom is -0.454 e. The summed E-state index contributed by atoms with van der Waals surface area (Å²) in [6.45, 7) is 3.83. The van der Waals surface area contributed by atoms with Crippen LogP contribution in [0.4, 0.5) is 0 Å². The van der Waals surface area contributed by atoms with E-state index in [1.54, 1.807) is 0 Å². The topological polar surface area (TPSA) is 58.6 Å². The van der Waals surface area contributed by atoms with Gasteiger partial charge in [0.25, 0.3) is 5.91 Å². The Morgan fingerprint density at radius 3 is 2.59 bits per heavy atom. The summed E-state index contributed by atoms with van der Waals surface area (Å²) in [5.41, 5.74) is 0.912. The van der Waals surface area contributed by atoms with Crippen LogP contribution in [-0.2, 0) is 14.3 Å². The average Bonchev–Trinajstić information content (AvgIpc) is 2.55. The molecule has 1 aromatic carbocycles. The van der Waals surface area contributed by atoms with Crippen molar-refractivity contribution < 1.29 is 14.3 Å². The van der Waals surface area contributed by atoms with Gasteiger partial charge in [0.15, 0.2) is 6.61 Å². The Morgan fingerprint density at radius 1 is 1.27 bits per heavy atom. The number of benzene rings is 1. The lowest BCUT2D eigenvalue weighted by Crippen LogP contribution is -2.41. The van der Waals surface area contributed by atoms with Gasteiger partial charge < -0.3 is 10.1 Å². The van der Waals surface area contributed by atoms with Gasteiger partial charge in [-0.05, 0) is 12.5 Å². The number of carbonyl (C=O) groups excluding carboxylic acids is 2. The predicted molar refractivity (Wildman–Crippen MR) is 87.7 cm³/mol. The van der Waals surface area contributed by atoms with Crippen molar-refractivity contribution in [3.8, 4) is 0 Å². The normalized spacial score (nSPS) is 16.8. The number of rotatable bonds is 6. The zero-order chi connectivity index (χ0) is 15.8. The van der Waals surface area contributed by atoms with Crippen molar-refractivity contribution >= 4 is 23.6 Å². The van der Waals surface area contributed by atoms with Gasteiger partial charge in [-0.2, -0.15) is 11.8 Å². The standard InChI is InChI=1S/C16H22N2O3S/c1-2-17-14(19)12-21-16(20)15(13-6-4-3-5-7-13)18-8-10-22-11-9-18/h3-7,15H,2,8-12H2,1H3,(H,17,19).